The third kappa shape index (κ3) is 5.73. The summed E-state index contributed by atoms with van der Waals surface area (Å²) in [4.78, 5) is 14.1. The number of carbonyl (C=O) groups is 1. The lowest BCUT2D eigenvalue weighted by Gasteiger charge is -2.31. The summed E-state index contributed by atoms with van der Waals surface area (Å²) >= 11 is 0. The molecular weight excluding hydrogens is 266 g/mol. The van der Waals surface area contributed by atoms with Crippen molar-refractivity contribution in [3.05, 3.63) is 30.3 Å². The van der Waals surface area contributed by atoms with E-state index >= 15 is 0 Å². The molecule has 2 rings (SSSR count). The van der Waals surface area contributed by atoms with E-state index in [0.717, 1.165) is 25.3 Å². The van der Waals surface area contributed by atoms with E-state index in [1.165, 1.54) is 6.42 Å². The molecule has 1 atom stereocenters. The molecule has 0 spiro atoms. The van der Waals surface area contributed by atoms with E-state index in [1.807, 2.05) is 30.3 Å². The highest BCUT2D eigenvalue weighted by atomic mass is 16.5. The molecule has 5 heteroatoms. The maximum Gasteiger partial charge on any atom is 0.234 e. The van der Waals surface area contributed by atoms with Gasteiger partial charge in [0.25, 0.3) is 0 Å². The van der Waals surface area contributed by atoms with Crippen molar-refractivity contribution in [3.63, 3.8) is 0 Å². The molecule has 1 amide bonds. The van der Waals surface area contributed by atoms with Crippen LogP contribution in [0.3, 0.4) is 0 Å². The number of amides is 1. The molecule has 1 fully saturated rings. The van der Waals surface area contributed by atoms with E-state index in [4.69, 9.17) is 10.5 Å². The fraction of sp³-hybridized carbons (Fsp3) is 0.562. The number of rotatable bonds is 7. The lowest BCUT2D eigenvalue weighted by molar-refractivity contribution is -0.122. The lowest BCUT2D eigenvalue weighted by atomic mass is 9.98. The molecule has 0 saturated carbocycles. The van der Waals surface area contributed by atoms with Crippen molar-refractivity contribution in [3.8, 4) is 5.75 Å². The van der Waals surface area contributed by atoms with Crippen LogP contribution in [0.4, 0.5) is 0 Å². The van der Waals surface area contributed by atoms with Crippen molar-refractivity contribution in [1.29, 1.82) is 0 Å². The first-order chi connectivity index (χ1) is 10.3. The highest BCUT2D eigenvalue weighted by Gasteiger charge is 2.20. The minimum absolute atomic E-state index is 0.0596. The predicted molar refractivity (Wildman–Crippen MR) is 83.2 cm³/mol. The Bertz CT molecular complexity index is 425. The summed E-state index contributed by atoms with van der Waals surface area (Å²) in [5.41, 5.74) is 5.71. The van der Waals surface area contributed by atoms with Gasteiger partial charge in [-0.05, 0) is 44.0 Å². The van der Waals surface area contributed by atoms with Crippen LogP contribution in [0.1, 0.15) is 12.8 Å². The van der Waals surface area contributed by atoms with E-state index in [0.29, 0.717) is 32.2 Å². The van der Waals surface area contributed by atoms with Gasteiger partial charge in [0.15, 0.2) is 0 Å². The number of nitrogens with two attached hydrogens (primary N) is 1. The van der Waals surface area contributed by atoms with Gasteiger partial charge in [0.05, 0.1) is 13.1 Å². The van der Waals surface area contributed by atoms with Crippen LogP contribution in [-0.2, 0) is 4.79 Å². The molecule has 3 N–H and O–H groups in total. The number of hydrogen-bond donors (Lipinski definition) is 2. The molecule has 1 heterocycles. The van der Waals surface area contributed by atoms with Crippen LogP contribution in [0.15, 0.2) is 30.3 Å². The highest BCUT2D eigenvalue weighted by molar-refractivity contribution is 5.78. The molecule has 1 aliphatic heterocycles. The van der Waals surface area contributed by atoms with Crippen LogP contribution < -0.4 is 15.8 Å². The molecule has 1 aromatic rings. The number of benzene rings is 1. The number of likely N-dealkylation sites (tertiary alicyclic amines) is 1. The number of hydrogen-bond acceptors (Lipinski definition) is 4. The molecule has 1 aromatic carbocycles. The maximum absolute atomic E-state index is 11.9. The van der Waals surface area contributed by atoms with Gasteiger partial charge < -0.3 is 15.8 Å². The van der Waals surface area contributed by atoms with E-state index < -0.39 is 0 Å². The Balaban J connectivity index is 1.59. The SMILES string of the molecule is NCC1CCCN(CC(=O)NCCOc2ccccc2)C1. The van der Waals surface area contributed by atoms with Gasteiger partial charge in [-0.3, -0.25) is 9.69 Å². The second-order valence-electron chi connectivity index (χ2n) is 5.49. The Morgan fingerprint density at radius 1 is 1.38 bits per heavy atom. The maximum atomic E-state index is 11.9. The summed E-state index contributed by atoms with van der Waals surface area (Å²) in [6.45, 7) is 4.11. The smallest absolute Gasteiger partial charge is 0.234 e. The van der Waals surface area contributed by atoms with Crippen molar-refractivity contribution in [2.24, 2.45) is 11.7 Å². The number of piperidine rings is 1. The van der Waals surface area contributed by atoms with Crippen molar-refractivity contribution < 1.29 is 9.53 Å². The molecule has 1 aliphatic rings. The van der Waals surface area contributed by atoms with Crippen LogP contribution in [-0.4, -0.2) is 50.1 Å². The average molecular weight is 291 g/mol. The Labute approximate surface area is 126 Å². The first-order valence-electron chi connectivity index (χ1n) is 7.65. The summed E-state index contributed by atoms with van der Waals surface area (Å²) in [6.07, 6.45) is 2.31. The van der Waals surface area contributed by atoms with Gasteiger partial charge in [-0.15, -0.1) is 0 Å². The third-order valence-electron chi connectivity index (χ3n) is 3.74. The first kappa shape index (κ1) is 15.8. The molecule has 1 unspecified atom stereocenters. The van der Waals surface area contributed by atoms with Crippen molar-refractivity contribution in [2.75, 3.05) is 39.3 Å². The van der Waals surface area contributed by atoms with Gasteiger partial charge in [0, 0.05) is 6.54 Å². The second-order valence-corrected chi connectivity index (χ2v) is 5.49. The Morgan fingerprint density at radius 2 is 2.19 bits per heavy atom. The molecule has 116 valence electrons. The van der Waals surface area contributed by atoms with Gasteiger partial charge in [-0.2, -0.15) is 0 Å². The summed E-state index contributed by atoms with van der Waals surface area (Å²) in [7, 11) is 0. The largest absolute Gasteiger partial charge is 0.492 e. The van der Waals surface area contributed by atoms with E-state index in [-0.39, 0.29) is 5.91 Å². The molecule has 0 aliphatic carbocycles. The molecule has 21 heavy (non-hydrogen) atoms. The normalized spacial score (nSPS) is 19.2. The summed E-state index contributed by atoms with van der Waals surface area (Å²) in [5.74, 6) is 1.42. The predicted octanol–water partition coefficient (Wildman–Crippen LogP) is 0.852. The zero-order chi connectivity index (χ0) is 14.9. The zero-order valence-corrected chi connectivity index (χ0v) is 12.5. The van der Waals surface area contributed by atoms with Gasteiger partial charge in [-0.1, -0.05) is 18.2 Å². The van der Waals surface area contributed by atoms with Crippen LogP contribution in [0.5, 0.6) is 5.75 Å². The van der Waals surface area contributed by atoms with Crippen LogP contribution in [0.2, 0.25) is 0 Å². The monoisotopic (exact) mass is 291 g/mol. The van der Waals surface area contributed by atoms with Crippen molar-refractivity contribution in [2.45, 2.75) is 12.8 Å². The quantitative estimate of drug-likeness (QED) is 0.731. The molecule has 0 bridgehead atoms. The summed E-state index contributed by atoms with van der Waals surface area (Å²) in [6, 6.07) is 9.61. The number of nitrogens with one attached hydrogen (secondary N) is 1. The molecule has 0 radical (unpaired) electrons. The van der Waals surface area contributed by atoms with E-state index in [2.05, 4.69) is 10.2 Å². The highest BCUT2D eigenvalue weighted by Crippen LogP contribution is 2.14. The van der Waals surface area contributed by atoms with Crippen LogP contribution in [0, 0.1) is 5.92 Å². The molecule has 0 aromatic heterocycles. The molecule has 5 nitrogen and oxygen atoms in total. The number of nitrogens with zero attached hydrogens (tertiary/aromatic N) is 1. The lowest BCUT2D eigenvalue weighted by Crippen LogP contribution is -2.44. The van der Waals surface area contributed by atoms with Crippen molar-refractivity contribution >= 4 is 5.91 Å². The van der Waals surface area contributed by atoms with Gasteiger partial charge in [0.1, 0.15) is 12.4 Å². The first-order valence-corrected chi connectivity index (χ1v) is 7.65. The second kappa shape index (κ2) is 8.64. The van der Waals surface area contributed by atoms with Crippen molar-refractivity contribution in [1.82, 2.24) is 10.2 Å². The number of para-hydroxylation sites is 1. The number of carbonyl (C=O) groups excluding carboxylic acids is 1. The standard InChI is InChI=1S/C16H25N3O2/c17-11-14-5-4-9-19(12-14)13-16(20)18-8-10-21-15-6-2-1-3-7-15/h1-3,6-7,14H,4-5,8-13,17H2,(H,18,20). The topological polar surface area (TPSA) is 67.6 Å². The average Bonchev–Trinajstić information content (AvgIpc) is 2.53. The van der Waals surface area contributed by atoms with Gasteiger partial charge in [0.2, 0.25) is 5.91 Å². The minimum atomic E-state index is 0.0596. The van der Waals surface area contributed by atoms with Gasteiger partial charge in [-0.25, -0.2) is 0 Å². The minimum Gasteiger partial charge on any atom is -0.492 e. The Morgan fingerprint density at radius 3 is 2.95 bits per heavy atom. The van der Waals surface area contributed by atoms with Crippen LogP contribution >= 0.6 is 0 Å². The third-order valence-corrected chi connectivity index (χ3v) is 3.74. The molecule has 1 saturated heterocycles. The Hall–Kier alpha value is -1.59. The van der Waals surface area contributed by atoms with Crippen LogP contribution in [0.25, 0.3) is 0 Å². The number of ether oxygens (including phenoxy) is 1. The summed E-state index contributed by atoms with van der Waals surface area (Å²) in [5, 5.41) is 2.90. The zero-order valence-electron chi connectivity index (χ0n) is 12.5. The molecular formula is C16H25N3O2. The van der Waals surface area contributed by atoms with Gasteiger partial charge >= 0.3 is 0 Å². The van der Waals surface area contributed by atoms with E-state index in [1.54, 1.807) is 0 Å². The fourth-order valence-corrected chi connectivity index (χ4v) is 2.62. The Kier molecular flexibility index (Phi) is 6.50. The van der Waals surface area contributed by atoms with E-state index in [9.17, 15) is 4.79 Å². The summed E-state index contributed by atoms with van der Waals surface area (Å²) < 4.78 is 5.54. The fourth-order valence-electron chi connectivity index (χ4n) is 2.62.